The normalized spacial score (nSPS) is 18.6. The second-order valence-corrected chi connectivity index (χ2v) is 7.29. The quantitative estimate of drug-likeness (QED) is 0.675. The first-order chi connectivity index (χ1) is 14.7. The lowest BCUT2D eigenvalue weighted by atomic mass is 9.86. The monoisotopic (exact) mass is 402 g/mol. The van der Waals surface area contributed by atoms with Gasteiger partial charge in [-0.25, -0.2) is 4.99 Å². The molecular formula is C23H22N4O3. The van der Waals surface area contributed by atoms with Crippen molar-refractivity contribution in [3.8, 4) is 5.75 Å². The van der Waals surface area contributed by atoms with Crippen LogP contribution in [-0.2, 0) is 4.79 Å². The fourth-order valence-corrected chi connectivity index (χ4v) is 3.92. The summed E-state index contributed by atoms with van der Waals surface area (Å²) < 4.78 is 11.3. The van der Waals surface area contributed by atoms with Crippen LogP contribution in [-0.4, -0.2) is 23.3 Å². The Bertz CT molecular complexity index is 1130. The fourth-order valence-electron chi connectivity index (χ4n) is 3.92. The Morgan fingerprint density at radius 2 is 2.00 bits per heavy atom. The van der Waals surface area contributed by atoms with Gasteiger partial charge in [-0.3, -0.25) is 10.1 Å². The molecule has 1 aliphatic carbocycles. The Balaban J connectivity index is 1.49. The van der Waals surface area contributed by atoms with Gasteiger partial charge in [0.25, 0.3) is 0 Å². The molecule has 2 aliphatic rings. The topological polar surface area (TPSA) is 88.8 Å². The minimum atomic E-state index is -0.378. The fraction of sp³-hybridized carbons (Fsp3) is 0.261. The van der Waals surface area contributed by atoms with Crippen LogP contribution >= 0.6 is 0 Å². The zero-order chi connectivity index (χ0) is 20.5. The van der Waals surface area contributed by atoms with Crippen LogP contribution in [0.25, 0.3) is 11.1 Å². The summed E-state index contributed by atoms with van der Waals surface area (Å²) in [5.74, 6) is 1.47. The molecule has 1 atom stereocenters. The van der Waals surface area contributed by atoms with Crippen molar-refractivity contribution in [2.45, 2.75) is 32.2 Å². The summed E-state index contributed by atoms with van der Waals surface area (Å²) in [6.45, 7) is 2.56. The number of aromatic nitrogens is 1. The molecule has 1 aromatic heterocycles. The van der Waals surface area contributed by atoms with Gasteiger partial charge in [-0.1, -0.05) is 24.3 Å². The molecule has 2 heterocycles. The number of Topliss-reactive ketones (excluding diaryl/α,β-unsaturated/α-hetero) is 1. The highest BCUT2D eigenvalue weighted by atomic mass is 16.5. The van der Waals surface area contributed by atoms with Crippen molar-refractivity contribution in [3.63, 3.8) is 0 Å². The van der Waals surface area contributed by atoms with Crippen molar-refractivity contribution in [1.29, 1.82) is 0 Å². The summed E-state index contributed by atoms with van der Waals surface area (Å²) in [6.07, 6.45) is 2.19. The smallest absolute Gasteiger partial charge is 0.302 e. The van der Waals surface area contributed by atoms with Gasteiger partial charge in [0, 0.05) is 17.7 Å². The Morgan fingerprint density at radius 1 is 1.17 bits per heavy atom. The summed E-state index contributed by atoms with van der Waals surface area (Å²) in [5.41, 5.74) is 4.08. The Morgan fingerprint density at radius 3 is 2.80 bits per heavy atom. The molecule has 2 aromatic carbocycles. The van der Waals surface area contributed by atoms with E-state index >= 15 is 0 Å². The number of oxazole rings is 1. The van der Waals surface area contributed by atoms with Gasteiger partial charge in [-0.2, -0.15) is 4.98 Å². The second-order valence-electron chi connectivity index (χ2n) is 7.29. The maximum Gasteiger partial charge on any atom is 0.302 e. The van der Waals surface area contributed by atoms with E-state index in [0.717, 1.165) is 40.9 Å². The molecular weight excluding hydrogens is 380 g/mol. The average molecular weight is 402 g/mol. The molecule has 0 saturated carbocycles. The maximum atomic E-state index is 12.7. The van der Waals surface area contributed by atoms with Crippen LogP contribution in [0.4, 0.5) is 6.01 Å². The largest absolute Gasteiger partial charge is 0.494 e. The highest BCUT2D eigenvalue weighted by molar-refractivity contribution is 6.03. The van der Waals surface area contributed by atoms with Crippen molar-refractivity contribution in [3.05, 3.63) is 65.4 Å². The molecule has 3 aromatic rings. The number of carbonyl (C=O) groups excluding carboxylic acids is 1. The first-order valence-corrected chi connectivity index (χ1v) is 10.2. The van der Waals surface area contributed by atoms with Gasteiger partial charge in [0.2, 0.25) is 5.96 Å². The van der Waals surface area contributed by atoms with Crippen LogP contribution in [0.15, 0.2) is 69.2 Å². The van der Waals surface area contributed by atoms with Crippen LogP contribution in [0.5, 0.6) is 5.75 Å². The van der Waals surface area contributed by atoms with Crippen molar-refractivity contribution < 1.29 is 13.9 Å². The third kappa shape index (κ3) is 3.43. The predicted octanol–water partition coefficient (Wildman–Crippen LogP) is 4.35. The van der Waals surface area contributed by atoms with Crippen LogP contribution in [0.3, 0.4) is 0 Å². The molecule has 7 nitrogen and oxygen atoms in total. The molecule has 1 aliphatic heterocycles. The molecule has 30 heavy (non-hydrogen) atoms. The zero-order valence-electron chi connectivity index (χ0n) is 16.6. The van der Waals surface area contributed by atoms with Gasteiger partial charge in [-0.15, -0.1) is 0 Å². The van der Waals surface area contributed by atoms with Gasteiger partial charge in [0.1, 0.15) is 17.3 Å². The Labute approximate surface area is 173 Å². The van der Waals surface area contributed by atoms with Crippen LogP contribution in [0, 0.1) is 0 Å². The number of nitrogens with zero attached hydrogens (tertiary/aromatic N) is 2. The minimum Gasteiger partial charge on any atom is -0.494 e. The van der Waals surface area contributed by atoms with E-state index in [1.807, 2.05) is 55.5 Å². The third-order valence-corrected chi connectivity index (χ3v) is 5.28. The SMILES string of the molecule is CCOc1ccc(C2N=C(Nc3nc4ccccc4o3)NC3=C2C(=O)CCC3)cc1. The maximum absolute atomic E-state index is 12.7. The molecule has 0 radical (unpaired) electrons. The van der Waals surface area contributed by atoms with E-state index < -0.39 is 0 Å². The summed E-state index contributed by atoms with van der Waals surface area (Å²) in [5, 5.41) is 6.42. The number of nitrogens with one attached hydrogen (secondary N) is 2. The van der Waals surface area contributed by atoms with E-state index in [4.69, 9.17) is 14.1 Å². The molecule has 0 saturated heterocycles. The van der Waals surface area contributed by atoms with Gasteiger partial charge in [-0.05, 0) is 49.6 Å². The van der Waals surface area contributed by atoms with Gasteiger partial charge < -0.3 is 14.5 Å². The van der Waals surface area contributed by atoms with Crippen LogP contribution < -0.4 is 15.4 Å². The van der Waals surface area contributed by atoms with E-state index in [1.54, 1.807) is 0 Å². The van der Waals surface area contributed by atoms with Gasteiger partial charge in [0.05, 0.1) is 6.61 Å². The Hall–Kier alpha value is -3.61. The summed E-state index contributed by atoms with van der Waals surface area (Å²) >= 11 is 0. The number of guanidine groups is 1. The Kier molecular flexibility index (Phi) is 4.71. The van der Waals surface area contributed by atoms with Crippen molar-refractivity contribution in [2.75, 3.05) is 11.9 Å². The molecule has 2 N–H and O–H groups in total. The number of benzene rings is 2. The number of hydrogen-bond donors (Lipinski definition) is 2. The van der Waals surface area contributed by atoms with Gasteiger partial charge >= 0.3 is 6.01 Å². The highest BCUT2D eigenvalue weighted by Crippen LogP contribution is 2.37. The molecule has 0 bridgehead atoms. The zero-order valence-corrected chi connectivity index (χ0v) is 16.6. The number of ketones is 1. The van der Waals surface area contributed by atoms with Crippen LogP contribution in [0.2, 0.25) is 0 Å². The molecule has 0 amide bonds. The lowest BCUT2D eigenvalue weighted by Crippen LogP contribution is -2.38. The van der Waals surface area contributed by atoms with Crippen molar-refractivity contribution in [2.24, 2.45) is 4.99 Å². The first-order valence-electron chi connectivity index (χ1n) is 10.2. The average Bonchev–Trinajstić information content (AvgIpc) is 3.16. The number of para-hydroxylation sites is 2. The lowest BCUT2D eigenvalue weighted by Gasteiger charge is -2.30. The summed E-state index contributed by atoms with van der Waals surface area (Å²) in [4.78, 5) is 22.0. The number of ether oxygens (including phenoxy) is 1. The number of fused-ring (bicyclic) bond motifs is 1. The van der Waals surface area contributed by atoms with Crippen molar-refractivity contribution >= 4 is 28.9 Å². The third-order valence-electron chi connectivity index (χ3n) is 5.28. The molecule has 5 rings (SSSR count). The molecule has 1 unspecified atom stereocenters. The number of allylic oxidation sites excluding steroid dienone is 1. The number of hydrogen-bond acceptors (Lipinski definition) is 7. The molecule has 0 spiro atoms. The van der Waals surface area contributed by atoms with E-state index in [0.29, 0.717) is 30.6 Å². The first kappa shape index (κ1) is 18.4. The minimum absolute atomic E-state index is 0.146. The number of aliphatic imine (C=N–C) groups is 1. The van der Waals surface area contributed by atoms with Crippen LogP contribution in [0.1, 0.15) is 37.8 Å². The summed E-state index contributed by atoms with van der Waals surface area (Å²) in [6, 6.07) is 15.3. The highest BCUT2D eigenvalue weighted by Gasteiger charge is 2.33. The van der Waals surface area contributed by atoms with E-state index in [1.165, 1.54) is 0 Å². The molecule has 152 valence electrons. The number of carbonyl (C=O) groups is 1. The number of anilines is 1. The predicted molar refractivity (Wildman–Crippen MR) is 114 cm³/mol. The van der Waals surface area contributed by atoms with E-state index in [9.17, 15) is 4.79 Å². The molecule has 0 fully saturated rings. The van der Waals surface area contributed by atoms with Crippen molar-refractivity contribution in [1.82, 2.24) is 10.3 Å². The number of rotatable bonds is 4. The lowest BCUT2D eigenvalue weighted by molar-refractivity contribution is -0.116. The summed E-state index contributed by atoms with van der Waals surface area (Å²) in [7, 11) is 0. The van der Waals surface area contributed by atoms with E-state index in [-0.39, 0.29) is 11.8 Å². The molecule has 7 heteroatoms. The van der Waals surface area contributed by atoms with E-state index in [2.05, 4.69) is 15.6 Å². The van der Waals surface area contributed by atoms with Gasteiger partial charge in [0.15, 0.2) is 11.4 Å². The second kappa shape index (κ2) is 7.67. The standard InChI is InChI=1S/C23H22N4O3/c1-2-29-15-12-10-14(11-13-15)21-20-17(7-5-8-18(20)28)24-22(26-21)27-23-25-16-6-3-4-9-19(16)30-23/h3-4,6,9-13,21H,2,5,7-8H2,1H3,(H2,24,25,26,27).